The van der Waals surface area contributed by atoms with Crippen molar-refractivity contribution in [3.05, 3.63) is 29.3 Å². The maximum Gasteiger partial charge on any atom is 0.260 e. The molecule has 1 heterocycles. The third-order valence-corrected chi connectivity index (χ3v) is 4.15. The van der Waals surface area contributed by atoms with Crippen LogP contribution < -0.4 is 10.5 Å². The highest BCUT2D eigenvalue weighted by Gasteiger charge is 2.34. The fourth-order valence-corrected chi connectivity index (χ4v) is 2.66. The molecule has 0 saturated carbocycles. The van der Waals surface area contributed by atoms with Crippen LogP contribution in [0.2, 0.25) is 0 Å². The van der Waals surface area contributed by atoms with Crippen molar-refractivity contribution < 1.29 is 9.53 Å². The maximum absolute atomic E-state index is 12.2. The summed E-state index contributed by atoms with van der Waals surface area (Å²) in [5, 5.41) is 0. The lowest BCUT2D eigenvalue weighted by molar-refractivity contribution is -0.132. The monoisotopic (exact) mass is 312 g/mol. The van der Waals surface area contributed by atoms with E-state index < -0.39 is 0 Å². The molecule has 5 heteroatoms. The second kappa shape index (κ2) is 7.14. The predicted octanol–water partition coefficient (Wildman–Crippen LogP) is 2.30. The molecule has 1 amide bonds. The molecule has 4 nitrogen and oxygen atoms in total. The van der Waals surface area contributed by atoms with Gasteiger partial charge in [0.25, 0.3) is 5.91 Å². The van der Waals surface area contributed by atoms with Gasteiger partial charge in [0, 0.05) is 13.1 Å². The van der Waals surface area contributed by atoms with E-state index in [9.17, 15) is 4.79 Å². The van der Waals surface area contributed by atoms with E-state index in [4.69, 9.17) is 10.5 Å². The summed E-state index contributed by atoms with van der Waals surface area (Å²) < 4.78 is 5.72. The number of amides is 1. The predicted molar refractivity (Wildman–Crippen MR) is 87.0 cm³/mol. The van der Waals surface area contributed by atoms with Crippen LogP contribution in [0.15, 0.2) is 18.2 Å². The summed E-state index contributed by atoms with van der Waals surface area (Å²) in [4.78, 5) is 14.1. The largest absolute Gasteiger partial charge is 0.483 e. The van der Waals surface area contributed by atoms with Crippen LogP contribution in [0, 0.1) is 19.3 Å². The quantitative estimate of drug-likeness (QED) is 0.928. The van der Waals surface area contributed by atoms with E-state index in [2.05, 4.69) is 6.92 Å². The number of nitrogens with zero attached hydrogens (tertiary/aromatic N) is 1. The Bertz CT molecular complexity index is 487. The van der Waals surface area contributed by atoms with Gasteiger partial charge < -0.3 is 15.4 Å². The van der Waals surface area contributed by atoms with Crippen LogP contribution in [0.25, 0.3) is 0 Å². The molecule has 0 bridgehead atoms. The number of aryl methyl sites for hydroxylation is 2. The SMILES string of the molecule is Cc1cccc(C)c1OCC(=O)N1CCC(C)(CN)C1.Cl. The van der Waals surface area contributed by atoms with Gasteiger partial charge in [-0.2, -0.15) is 0 Å². The average molecular weight is 313 g/mol. The van der Waals surface area contributed by atoms with Crippen LogP contribution in [-0.2, 0) is 4.79 Å². The summed E-state index contributed by atoms with van der Waals surface area (Å²) in [5.74, 6) is 0.867. The molecule has 0 aliphatic carbocycles. The number of likely N-dealkylation sites (tertiary alicyclic amines) is 1. The molecule has 1 saturated heterocycles. The highest BCUT2D eigenvalue weighted by Crippen LogP contribution is 2.28. The molecule has 0 radical (unpaired) electrons. The van der Waals surface area contributed by atoms with E-state index >= 15 is 0 Å². The van der Waals surface area contributed by atoms with Crippen molar-refractivity contribution in [3.8, 4) is 5.75 Å². The van der Waals surface area contributed by atoms with Crippen molar-refractivity contribution in [2.24, 2.45) is 11.1 Å². The van der Waals surface area contributed by atoms with Gasteiger partial charge in [-0.3, -0.25) is 4.79 Å². The normalized spacial score (nSPS) is 21.0. The summed E-state index contributed by atoms with van der Waals surface area (Å²) in [6.07, 6.45) is 0.971. The van der Waals surface area contributed by atoms with Gasteiger partial charge in [0.1, 0.15) is 5.75 Å². The van der Waals surface area contributed by atoms with Gasteiger partial charge >= 0.3 is 0 Å². The third-order valence-electron chi connectivity index (χ3n) is 4.15. The minimum absolute atomic E-state index is 0. The fourth-order valence-electron chi connectivity index (χ4n) is 2.66. The first-order valence-electron chi connectivity index (χ1n) is 7.12. The summed E-state index contributed by atoms with van der Waals surface area (Å²) in [6, 6.07) is 5.98. The van der Waals surface area contributed by atoms with E-state index in [-0.39, 0.29) is 30.3 Å². The van der Waals surface area contributed by atoms with Crippen molar-refractivity contribution in [2.45, 2.75) is 27.2 Å². The molecule has 1 aromatic rings. The number of ether oxygens (including phenoxy) is 1. The van der Waals surface area contributed by atoms with Gasteiger partial charge in [-0.1, -0.05) is 25.1 Å². The topological polar surface area (TPSA) is 55.6 Å². The number of carbonyl (C=O) groups excluding carboxylic acids is 1. The van der Waals surface area contributed by atoms with Crippen LogP contribution >= 0.6 is 12.4 Å². The molecule has 1 aliphatic rings. The molecule has 0 spiro atoms. The summed E-state index contributed by atoms with van der Waals surface area (Å²) in [5.41, 5.74) is 7.95. The van der Waals surface area contributed by atoms with E-state index in [1.165, 1.54) is 0 Å². The number of para-hydroxylation sites is 1. The Morgan fingerprint density at radius 3 is 2.52 bits per heavy atom. The second-order valence-corrected chi connectivity index (χ2v) is 6.09. The van der Waals surface area contributed by atoms with E-state index in [0.29, 0.717) is 6.54 Å². The maximum atomic E-state index is 12.2. The molecular formula is C16H25ClN2O2. The molecular weight excluding hydrogens is 288 g/mol. The van der Waals surface area contributed by atoms with Gasteiger partial charge in [0.05, 0.1) is 0 Å². The molecule has 1 unspecified atom stereocenters. The number of rotatable bonds is 4. The van der Waals surface area contributed by atoms with Crippen molar-refractivity contribution in [1.29, 1.82) is 0 Å². The lowest BCUT2D eigenvalue weighted by atomic mass is 9.90. The lowest BCUT2D eigenvalue weighted by Gasteiger charge is -2.22. The Hall–Kier alpha value is -1.26. The first kappa shape index (κ1) is 17.8. The van der Waals surface area contributed by atoms with Crippen LogP contribution in [0.5, 0.6) is 5.75 Å². The van der Waals surface area contributed by atoms with E-state index in [0.717, 1.165) is 36.4 Å². The molecule has 118 valence electrons. The summed E-state index contributed by atoms with van der Waals surface area (Å²) in [7, 11) is 0. The van der Waals surface area contributed by atoms with Gasteiger partial charge in [0.2, 0.25) is 0 Å². The standard InChI is InChI=1S/C16H24N2O2.ClH/c1-12-5-4-6-13(2)15(12)20-9-14(19)18-8-7-16(3,10-17)11-18;/h4-6H,7-11,17H2,1-3H3;1H. The van der Waals surface area contributed by atoms with Gasteiger partial charge in [-0.25, -0.2) is 0 Å². The smallest absolute Gasteiger partial charge is 0.260 e. The molecule has 2 rings (SSSR count). The second-order valence-electron chi connectivity index (χ2n) is 6.09. The molecule has 1 fully saturated rings. The number of nitrogens with two attached hydrogens (primary N) is 1. The van der Waals surface area contributed by atoms with Crippen molar-refractivity contribution in [3.63, 3.8) is 0 Å². The van der Waals surface area contributed by atoms with E-state index in [1.807, 2.05) is 36.9 Å². The molecule has 1 atom stereocenters. The van der Waals surface area contributed by atoms with Crippen LogP contribution in [0.4, 0.5) is 0 Å². The Balaban J connectivity index is 0.00000220. The van der Waals surface area contributed by atoms with Crippen LogP contribution in [0.3, 0.4) is 0 Å². The third kappa shape index (κ3) is 4.11. The number of halogens is 1. The zero-order valence-corrected chi connectivity index (χ0v) is 13.8. The zero-order chi connectivity index (χ0) is 14.8. The number of hydrogen-bond acceptors (Lipinski definition) is 3. The van der Waals surface area contributed by atoms with Crippen molar-refractivity contribution in [2.75, 3.05) is 26.2 Å². The Labute approximate surface area is 133 Å². The summed E-state index contributed by atoms with van der Waals surface area (Å²) in [6.45, 7) is 8.36. The molecule has 21 heavy (non-hydrogen) atoms. The highest BCUT2D eigenvalue weighted by atomic mass is 35.5. The van der Waals surface area contributed by atoms with Crippen LogP contribution in [0.1, 0.15) is 24.5 Å². The zero-order valence-electron chi connectivity index (χ0n) is 13.0. The Morgan fingerprint density at radius 2 is 2.00 bits per heavy atom. The number of carbonyl (C=O) groups is 1. The first-order valence-corrected chi connectivity index (χ1v) is 7.12. The minimum atomic E-state index is 0. The van der Waals surface area contributed by atoms with E-state index in [1.54, 1.807) is 0 Å². The fraction of sp³-hybridized carbons (Fsp3) is 0.562. The number of benzene rings is 1. The average Bonchev–Trinajstić information content (AvgIpc) is 2.81. The molecule has 2 N–H and O–H groups in total. The number of hydrogen-bond donors (Lipinski definition) is 1. The Morgan fingerprint density at radius 1 is 1.38 bits per heavy atom. The molecule has 0 aromatic heterocycles. The van der Waals surface area contributed by atoms with Crippen LogP contribution in [-0.4, -0.2) is 37.0 Å². The summed E-state index contributed by atoms with van der Waals surface area (Å²) >= 11 is 0. The van der Waals surface area contributed by atoms with Gasteiger partial charge in [-0.05, 0) is 43.4 Å². The molecule has 1 aliphatic heterocycles. The minimum Gasteiger partial charge on any atom is -0.483 e. The van der Waals surface area contributed by atoms with Crippen molar-refractivity contribution >= 4 is 18.3 Å². The Kier molecular flexibility index (Phi) is 6.05. The first-order chi connectivity index (χ1) is 9.45. The molecule has 1 aromatic carbocycles. The lowest BCUT2D eigenvalue weighted by Crippen LogP contribution is -2.37. The highest BCUT2D eigenvalue weighted by molar-refractivity contribution is 5.85. The van der Waals surface area contributed by atoms with Crippen molar-refractivity contribution in [1.82, 2.24) is 4.90 Å². The van der Waals surface area contributed by atoms with Gasteiger partial charge in [0.15, 0.2) is 6.61 Å². The van der Waals surface area contributed by atoms with Gasteiger partial charge in [-0.15, -0.1) is 12.4 Å².